The van der Waals surface area contributed by atoms with E-state index in [1.807, 2.05) is 0 Å². The Morgan fingerprint density at radius 1 is 1.25 bits per heavy atom. The van der Waals surface area contributed by atoms with Gasteiger partial charge in [-0.2, -0.15) is 5.10 Å². The maximum atomic E-state index is 4.87. The van der Waals surface area contributed by atoms with Gasteiger partial charge >= 0.3 is 0 Å². The van der Waals surface area contributed by atoms with E-state index in [2.05, 4.69) is 44.2 Å². The number of aromatic nitrogens is 3. The number of rotatable bonds is 6. The maximum absolute atomic E-state index is 4.87. The van der Waals surface area contributed by atoms with Crippen molar-refractivity contribution in [2.75, 3.05) is 13.1 Å². The fraction of sp³-hybridized carbons (Fsp3) is 0.875. The Bertz CT molecular complexity index is 422. The number of hydrogen-bond donors (Lipinski definition) is 0. The second-order valence-electron chi connectivity index (χ2n) is 6.78. The molecular weight excluding hydrogens is 248 g/mol. The molecule has 0 bridgehead atoms. The zero-order valence-corrected chi connectivity index (χ0v) is 13.8. The largest absolute Gasteiger partial charge is 0.300 e. The molecule has 0 radical (unpaired) electrons. The third-order valence-electron chi connectivity index (χ3n) is 4.09. The van der Waals surface area contributed by atoms with Gasteiger partial charge in [-0.1, -0.05) is 20.8 Å². The molecule has 0 spiro atoms. The molecule has 0 aliphatic carbocycles. The van der Waals surface area contributed by atoms with Crippen LogP contribution in [0.4, 0.5) is 0 Å². The SMILES string of the molecule is CCCn1nc(CC(C)C)nc1C1CCN(C(C)C)C1. The summed E-state index contributed by atoms with van der Waals surface area (Å²) in [6, 6.07) is 0.637. The van der Waals surface area contributed by atoms with E-state index >= 15 is 0 Å². The molecule has 20 heavy (non-hydrogen) atoms. The molecule has 1 fully saturated rings. The van der Waals surface area contributed by atoms with Crippen molar-refractivity contribution in [2.45, 2.75) is 72.4 Å². The van der Waals surface area contributed by atoms with E-state index in [1.165, 1.54) is 18.8 Å². The van der Waals surface area contributed by atoms with Crippen molar-refractivity contribution in [1.82, 2.24) is 19.7 Å². The van der Waals surface area contributed by atoms with Crippen molar-refractivity contribution < 1.29 is 0 Å². The van der Waals surface area contributed by atoms with Gasteiger partial charge in [-0.25, -0.2) is 9.67 Å². The average Bonchev–Trinajstić information content (AvgIpc) is 2.95. The van der Waals surface area contributed by atoms with Crippen LogP contribution in [0.2, 0.25) is 0 Å². The Hall–Kier alpha value is -0.900. The molecule has 1 atom stereocenters. The summed E-state index contributed by atoms with van der Waals surface area (Å²) in [4.78, 5) is 7.42. The summed E-state index contributed by atoms with van der Waals surface area (Å²) in [5.74, 6) is 3.45. The highest BCUT2D eigenvalue weighted by atomic mass is 15.4. The van der Waals surface area contributed by atoms with Crippen LogP contribution in [0.25, 0.3) is 0 Å². The van der Waals surface area contributed by atoms with Gasteiger partial charge in [-0.05, 0) is 39.2 Å². The Balaban J connectivity index is 2.15. The highest BCUT2D eigenvalue weighted by Crippen LogP contribution is 2.27. The number of likely N-dealkylation sites (tertiary alicyclic amines) is 1. The Morgan fingerprint density at radius 3 is 2.55 bits per heavy atom. The normalized spacial score (nSPS) is 20.4. The van der Waals surface area contributed by atoms with Crippen molar-refractivity contribution in [2.24, 2.45) is 5.92 Å². The summed E-state index contributed by atoms with van der Waals surface area (Å²) in [5.41, 5.74) is 0. The first-order chi connectivity index (χ1) is 9.51. The molecular formula is C16H30N4. The summed E-state index contributed by atoms with van der Waals surface area (Å²) < 4.78 is 2.17. The predicted molar refractivity (Wildman–Crippen MR) is 82.9 cm³/mol. The molecule has 1 aliphatic rings. The Morgan fingerprint density at radius 2 is 2.00 bits per heavy atom. The second-order valence-corrected chi connectivity index (χ2v) is 6.78. The molecule has 0 N–H and O–H groups in total. The minimum absolute atomic E-state index is 0.567. The van der Waals surface area contributed by atoms with Crippen LogP contribution in [0, 0.1) is 5.92 Å². The molecule has 1 unspecified atom stereocenters. The molecule has 2 rings (SSSR count). The summed E-state index contributed by atoms with van der Waals surface area (Å²) in [6.45, 7) is 14.6. The van der Waals surface area contributed by atoms with E-state index in [4.69, 9.17) is 10.1 Å². The molecule has 1 saturated heterocycles. The second kappa shape index (κ2) is 6.70. The molecule has 1 aliphatic heterocycles. The number of hydrogen-bond acceptors (Lipinski definition) is 3. The summed E-state index contributed by atoms with van der Waals surface area (Å²) in [5, 5.41) is 4.74. The fourth-order valence-corrected chi connectivity index (χ4v) is 3.00. The van der Waals surface area contributed by atoms with Crippen molar-refractivity contribution in [1.29, 1.82) is 0 Å². The molecule has 2 heterocycles. The van der Waals surface area contributed by atoms with Crippen LogP contribution < -0.4 is 0 Å². The monoisotopic (exact) mass is 278 g/mol. The molecule has 0 saturated carbocycles. The van der Waals surface area contributed by atoms with Crippen LogP contribution in [0.15, 0.2) is 0 Å². The van der Waals surface area contributed by atoms with Gasteiger partial charge in [0.2, 0.25) is 0 Å². The van der Waals surface area contributed by atoms with Gasteiger partial charge in [0.05, 0.1) is 0 Å². The van der Waals surface area contributed by atoms with Crippen LogP contribution in [-0.2, 0) is 13.0 Å². The minimum Gasteiger partial charge on any atom is -0.300 e. The smallest absolute Gasteiger partial charge is 0.151 e. The third-order valence-corrected chi connectivity index (χ3v) is 4.09. The van der Waals surface area contributed by atoms with E-state index < -0.39 is 0 Å². The number of aryl methyl sites for hydroxylation is 1. The standard InChI is InChI=1S/C16H30N4/c1-6-8-20-16(17-15(18-20)10-12(2)3)14-7-9-19(11-14)13(4)5/h12-14H,6-11H2,1-5H3. The van der Waals surface area contributed by atoms with Crippen LogP contribution >= 0.6 is 0 Å². The molecule has 114 valence electrons. The fourth-order valence-electron chi connectivity index (χ4n) is 3.00. The first-order valence-electron chi connectivity index (χ1n) is 8.18. The minimum atomic E-state index is 0.567. The zero-order valence-electron chi connectivity index (χ0n) is 13.8. The molecule has 0 amide bonds. The summed E-state index contributed by atoms with van der Waals surface area (Å²) in [7, 11) is 0. The lowest BCUT2D eigenvalue weighted by atomic mass is 10.1. The Kier molecular flexibility index (Phi) is 5.19. The van der Waals surface area contributed by atoms with Crippen molar-refractivity contribution in [3.63, 3.8) is 0 Å². The predicted octanol–water partition coefficient (Wildman–Crippen LogP) is 3.08. The Labute approximate surface area is 123 Å². The van der Waals surface area contributed by atoms with Crippen LogP contribution in [0.3, 0.4) is 0 Å². The van der Waals surface area contributed by atoms with Crippen LogP contribution in [-0.4, -0.2) is 38.8 Å². The zero-order chi connectivity index (χ0) is 14.7. The third kappa shape index (κ3) is 3.60. The first kappa shape index (κ1) is 15.5. The lowest BCUT2D eigenvalue weighted by Gasteiger charge is -2.20. The lowest BCUT2D eigenvalue weighted by Crippen LogP contribution is -2.28. The van der Waals surface area contributed by atoms with Gasteiger partial charge < -0.3 is 4.90 Å². The van der Waals surface area contributed by atoms with E-state index in [0.29, 0.717) is 17.9 Å². The summed E-state index contributed by atoms with van der Waals surface area (Å²) >= 11 is 0. The highest BCUT2D eigenvalue weighted by Gasteiger charge is 2.29. The summed E-state index contributed by atoms with van der Waals surface area (Å²) in [6.07, 6.45) is 3.34. The van der Waals surface area contributed by atoms with Gasteiger partial charge in [-0.3, -0.25) is 0 Å². The van der Waals surface area contributed by atoms with E-state index in [0.717, 1.165) is 31.8 Å². The molecule has 4 heteroatoms. The lowest BCUT2D eigenvalue weighted by molar-refractivity contribution is 0.271. The van der Waals surface area contributed by atoms with E-state index in [9.17, 15) is 0 Å². The van der Waals surface area contributed by atoms with Crippen molar-refractivity contribution in [3.05, 3.63) is 11.6 Å². The van der Waals surface area contributed by atoms with E-state index in [1.54, 1.807) is 0 Å². The molecule has 4 nitrogen and oxygen atoms in total. The van der Waals surface area contributed by atoms with Gasteiger partial charge in [0.1, 0.15) is 5.82 Å². The maximum Gasteiger partial charge on any atom is 0.151 e. The molecule has 1 aromatic rings. The van der Waals surface area contributed by atoms with Crippen LogP contribution in [0.5, 0.6) is 0 Å². The van der Waals surface area contributed by atoms with Crippen molar-refractivity contribution in [3.8, 4) is 0 Å². The average molecular weight is 278 g/mol. The molecule has 1 aromatic heterocycles. The van der Waals surface area contributed by atoms with Gasteiger partial charge in [-0.15, -0.1) is 0 Å². The van der Waals surface area contributed by atoms with Gasteiger partial charge in [0.15, 0.2) is 5.82 Å². The van der Waals surface area contributed by atoms with Gasteiger partial charge in [0.25, 0.3) is 0 Å². The quantitative estimate of drug-likeness (QED) is 0.802. The van der Waals surface area contributed by atoms with E-state index in [-0.39, 0.29) is 0 Å². The first-order valence-corrected chi connectivity index (χ1v) is 8.18. The molecule has 0 aromatic carbocycles. The highest BCUT2D eigenvalue weighted by molar-refractivity contribution is 5.05. The number of nitrogens with zero attached hydrogens (tertiary/aromatic N) is 4. The van der Waals surface area contributed by atoms with Crippen LogP contribution in [0.1, 0.15) is 65.0 Å². The van der Waals surface area contributed by atoms with Gasteiger partial charge in [0, 0.05) is 31.5 Å². The topological polar surface area (TPSA) is 34.0 Å². The van der Waals surface area contributed by atoms with Crippen molar-refractivity contribution >= 4 is 0 Å².